The molecule has 1 aromatic heterocycles. The Hall–Kier alpha value is -0.150. The first-order chi connectivity index (χ1) is 4.43. The van der Waals surface area contributed by atoms with Crippen molar-refractivity contribution in [3.63, 3.8) is 0 Å². The molecule has 0 N–H and O–H groups in total. The van der Waals surface area contributed by atoms with Crippen LogP contribution in [-0.2, 0) is 35.0 Å². The molecule has 0 unspecified atom stereocenters. The third kappa shape index (κ3) is 3.13. The minimum atomic E-state index is 0. The molecule has 0 radical (unpaired) electrons. The fraction of sp³-hybridized carbons (Fsp3) is 0. The van der Waals surface area contributed by atoms with Gasteiger partial charge < -0.3 is 12.6 Å². The zero-order valence-electron chi connectivity index (χ0n) is 5.12. The molecule has 1 aromatic rings. The third-order valence-corrected chi connectivity index (χ3v) is 1.08. The SMILES string of the molecule is [Ag+].[S-]C=Cc1cccnc1. The minimum Gasteiger partial charge on any atom is -0.787 e. The van der Waals surface area contributed by atoms with E-state index in [1.165, 1.54) is 0 Å². The van der Waals surface area contributed by atoms with Crippen LogP contribution in [0.3, 0.4) is 0 Å². The summed E-state index contributed by atoms with van der Waals surface area (Å²) in [6.07, 6.45) is 5.34. The Bertz CT molecular complexity index is 198. The van der Waals surface area contributed by atoms with Crippen LogP contribution in [0.2, 0.25) is 0 Å². The van der Waals surface area contributed by atoms with Gasteiger partial charge in [-0.1, -0.05) is 12.1 Å². The van der Waals surface area contributed by atoms with Gasteiger partial charge in [-0.25, -0.2) is 5.41 Å². The van der Waals surface area contributed by atoms with Gasteiger partial charge in [0.1, 0.15) is 0 Å². The van der Waals surface area contributed by atoms with Gasteiger partial charge in [0, 0.05) is 12.4 Å². The van der Waals surface area contributed by atoms with E-state index >= 15 is 0 Å². The van der Waals surface area contributed by atoms with E-state index < -0.39 is 0 Å². The maximum atomic E-state index is 4.63. The summed E-state index contributed by atoms with van der Waals surface area (Å²) in [5, 5.41) is 1.58. The summed E-state index contributed by atoms with van der Waals surface area (Å²) in [5.74, 6) is 0. The van der Waals surface area contributed by atoms with E-state index in [0.717, 1.165) is 5.56 Å². The summed E-state index contributed by atoms with van der Waals surface area (Å²) in [7, 11) is 0. The van der Waals surface area contributed by atoms with Crippen LogP contribution in [-0.4, -0.2) is 4.98 Å². The fourth-order valence-corrected chi connectivity index (χ4v) is 0.710. The van der Waals surface area contributed by atoms with Gasteiger partial charge in [-0.2, -0.15) is 0 Å². The molecule has 0 aliphatic heterocycles. The second-order valence-corrected chi connectivity index (χ2v) is 1.86. The number of hydrogen-bond donors (Lipinski definition) is 0. The van der Waals surface area contributed by atoms with Crippen molar-refractivity contribution in [2.24, 2.45) is 0 Å². The van der Waals surface area contributed by atoms with Crippen LogP contribution >= 0.6 is 0 Å². The van der Waals surface area contributed by atoms with Gasteiger partial charge in [-0.3, -0.25) is 4.98 Å². The Morgan fingerprint density at radius 3 is 2.80 bits per heavy atom. The van der Waals surface area contributed by atoms with Crippen molar-refractivity contribution in [1.82, 2.24) is 4.98 Å². The molecule has 1 rings (SSSR count). The van der Waals surface area contributed by atoms with Crippen molar-refractivity contribution in [2.75, 3.05) is 0 Å². The molecule has 0 fully saturated rings. The van der Waals surface area contributed by atoms with E-state index in [9.17, 15) is 0 Å². The summed E-state index contributed by atoms with van der Waals surface area (Å²) in [6, 6.07) is 3.83. The van der Waals surface area contributed by atoms with Crippen molar-refractivity contribution in [1.29, 1.82) is 0 Å². The van der Waals surface area contributed by atoms with Gasteiger partial charge in [0.25, 0.3) is 0 Å². The molecule has 56 valence electrons. The van der Waals surface area contributed by atoms with E-state index in [4.69, 9.17) is 0 Å². The number of nitrogens with zero attached hydrogens (tertiary/aromatic N) is 1. The predicted molar refractivity (Wildman–Crippen MR) is 40.6 cm³/mol. The minimum absolute atomic E-state index is 0. The summed E-state index contributed by atoms with van der Waals surface area (Å²) in [6.45, 7) is 0. The van der Waals surface area contributed by atoms with Gasteiger partial charge in [0.2, 0.25) is 0 Å². The molecule has 0 spiro atoms. The van der Waals surface area contributed by atoms with E-state index in [1.54, 1.807) is 17.8 Å². The molecule has 0 saturated carbocycles. The van der Waals surface area contributed by atoms with Crippen molar-refractivity contribution < 1.29 is 22.4 Å². The van der Waals surface area contributed by atoms with Gasteiger partial charge in [0.05, 0.1) is 0 Å². The van der Waals surface area contributed by atoms with Gasteiger partial charge in [0.15, 0.2) is 0 Å². The molecule has 0 bridgehead atoms. The maximum Gasteiger partial charge on any atom is 1.00 e. The maximum absolute atomic E-state index is 4.63. The second kappa shape index (κ2) is 5.62. The monoisotopic (exact) mass is 243 g/mol. The van der Waals surface area contributed by atoms with E-state index in [1.807, 2.05) is 18.2 Å². The third-order valence-electron chi connectivity index (χ3n) is 0.945. The Balaban J connectivity index is 0.000000810. The molecule has 0 aromatic carbocycles. The average molecular weight is 244 g/mol. The first-order valence-corrected chi connectivity index (χ1v) is 3.09. The topological polar surface area (TPSA) is 12.9 Å². The van der Waals surface area contributed by atoms with E-state index in [-0.39, 0.29) is 22.4 Å². The van der Waals surface area contributed by atoms with Crippen molar-refractivity contribution in [3.8, 4) is 0 Å². The first kappa shape index (κ1) is 9.85. The van der Waals surface area contributed by atoms with E-state index in [0.29, 0.717) is 0 Å². The van der Waals surface area contributed by atoms with Crippen LogP contribution in [0.4, 0.5) is 0 Å². The molecule has 0 aliphatic rings. The molecule has 1 nitrogen and oxygen atoms in total. The molecular formula is C7H6AgNS. The molecule has 1 heterocycles. The van der Waals surface area contributed by atoms with Crippen molar-refractivity contribution in [3.05, 3.63) is 35.5 Å². The molecule has 0 atom stereocenters. The average Bonchev–Trinajstić information content (AvgIpc) is 1.91. The Morgan fingerprint density at radius 1 is 1.50 bits per heavy atom. The fourth-order valence-electron chi connectivity index (χ4n) is 0.553. The summed E-state index contributed by atoms with van der Waals surface area (Å²) in [5.41, 5.74) is 1.05. The summed E-state index contributed by atoms with van der Waals surface area (Å²) in [4.78, 5) is 3.91. The Labute approximate surface area is 81.5 Å². The molecule has 0 aliphatic carbocycles. The molecule has 3 heteroatoms. The van der Waals surface area contributed by atoms with Crippen LogP contribution in [0.25, 0.3) is 6.08 Å². The Kier molecular flexibility index (Phi) is 5.54. The zero-order chi connectivity index (χ0) is 6.53. The zero-order valence-corrected chi connectivity index (χ0v) is 7.42. The molecule has 0 amide bonds. The van der Waals surface area contributed by atoms with Crippen LogP contribution in [0, 0.1) is 0 Å². The van der Waals surface area contributed by atoms with Crippen LogP contribution in [0.1, 0.15) is 5.56 Å². The number of aromatic nitrogens is 1. The Morgan fingerprint density at radius 2 is 2.30 bits per heavy atom. The summed E-state index contributed by atoms with van der Waals surface area (Å²) >= 11 is 4.63. The number of pyridine rings is 1. The van der Waals surface area contributed by atoms with Crippen LogP contribution in [0.15, 0.2) is 29.9 Å². The summed E-state index contributed by atoms with van der Waals surface area (Å²) < 4.78 is 0. The van der Waals surface area contributed by atoms with Crippen molar-refractivity contribution >= 4 is 18.7 Å². The second-order valence-electron chi connectivity index (χ2n) is 1.59. The first-order valence-electron chi connectivity index (χ1n) is 2.62. The standard InChI is InChI=1S/C7H7NS.Ag/c9-5-3-7-2-1-4-8-6-7;/h1-6,9H;/q;+1/p-1. The van der Waals surface area contributed by atoms with Gasteiger partial charge >= 0.3 is 22.4 Å². The normalized spacial score (nSPS) is 9.20. The van der Waals surface area contributed by atoms with E-state index in [2.05, 4.69) is 17.6 Å². The largest absolute Gasteiger partial charge is 1.00 e. The van der Waals surface area contributed by atoms with Gasteiger partial charge in [-0.15, -0.1) is 0 Å². The quantitative estimate of drug-likeness (QED) is 0.549. The molecule has 0 saturated heterocycles. The number of hydrogen-bond acceptors (Lipinski definition) is 2. The number of rotatable bonds is 1. The van der Waals surface area contributed by atoms with Crippen LogP contribution in [0.5, 0.6) is 0 Å². The van der Waals surface area contributed by atoms with Gasteiger partial charge in [-0.05, 0) is 11.6 Å². The van der Waals surface area contributed by atoms with Crippen molar-refractivity contribution in [2.45, 2.75) is 0 Å². The predicted octanol–water partition coefficient (Wildman–Crippen LogP) is 1.60. The molecular weight excluding hydrogens is 238 g/mol. The molecule has 10 heavy (non-hydrogen) atoms. The smallest absolute Gasteiger partial charge is 0.787 e. The van der Waals surface area contributed by atoms with Crippen LogP contribution < -0.4 is 0 Å².